The molecule has 0 spiro atoms. The molecule has 2 N–H and O–H groups in total. The summed E-state index contributed by atoms with van der Waals surface area (Å²) in [4.78, 5) is 13.0. The van der Waals surface area contributed by atoms with Gasteiger partial charge in [0.1, 0.15) is 29.7 Å². The van der Waals surface area contributed by atoms with E-state index in [1.54, 1.807) is 56.7 Å². The number of benzene rings is 4. The van der Waals surface area contributed by atoms with Gasteiger partial charge in [-0.3, -0.25) is 4.79 Å². The van der Waals surface area contributed by atoms with E-state index in [4.69, 9.17) is 14.2 Å². The second-order valence-corrected chi connectivity index (χ2v) is 10.6. The number of hydrogen-bond acceptors (Lipinski definition) is 7. The fourth-order valence-corrected chi connectivity index (χ4v) is 4.18. The van der Waals surface area contributed by atoms with Crippen molar-refractivity contribution in [2.75, 3.05) is 37.0 Å². The summed E-state index contributed by atoms with van der Waals surface area (Å²) >= 11 is 0. The molecular weight excluding hydrogens is 492 g/mol. The normalized spacial score (nSPS) is 11.1. The van der Waals surface area contributed by atoms with Crippen LogP contribution >= 0.6 is 0 Å². The van der Waals surface area contributed by atoms with E-state index < -0.39 is 9.84 Å². The van der Waals surface area contributed by atoms with Crippen LogP contribution in [0.15, 0.2) is 78.9 Å². The van der Waals surface area contributed by atoms with E-state index in [-0.39, 0.29) is 18.4 Å². The van der Waals surface area contributed by atoms with Crippen molar-refractivity contribution in [3.05, 3.63) is 90.0 Å². The van der Waals surface area contributed by atoms with Gasteiger partial charge in [0.2, 0.25) is 0 Å². The predicted octanol–water partition coefficient (Wildman–Crippen LogP) is 5.10. The average Bonchev–Trinajstić information content (AvgIpc) is 2.90. The lowest BCUT2D eigenvalue weighted by atomic mass is 10.1. The molecule has 0 fully saturated rings. The first-order valence-electron chi connectivity index (χ1n) is 11.5. The third-order valence-electron chi connectivity index (χ3n) is 5.65. The van der Waals surface area contributed by atoms with Crippen molar-refractivity contribution in [3.63, 3.8) is 0 Å². The van der Waals surface area contributed by atoms with Crippen LogP contribution in [0.3, 0.4) is 0 Å². The molecule has 0 radical (unpaired) electrons. The first-order chi connectivity index (χ1) is 17.8. The van der Waals surface area contributed by atoms with Gasteiger partial charge in [0.25, 0.3) is 5.91 Å². The monoisotopic (exact) mass is 520 g/mol. The molecule has 0 aliphatic rings. The van der Waals surface area contributed by atoms with Crippen LogP contribution in [0.4, 0.5) is 11.4 Å². The zero-order valence-corrected chi connectivity index (χ0v) is 21.6. The Bertz CT molecular complexity index is 1540. The molecule has 0 heterocycles. The Morgan fingerprint density at radius 2 is 1.62 bits per heavy atom. The van der Waals surface area contributed by atoms with Crippen molar-refractivity contribution in [2.45, 2.75) is 6.61 Å². The summed E-state index contributed by atoms with van der Waals surface area (Å²) in [5.74, 6) is 1.08. The molecule has 0 aliphatic carbocycles. The molecule has 0 saturated carbocycles. The number of carbonyl (C=O) groups excluding carboxylic acids is 1. The maximum atomic E-state index is 13.0. The van der Waals surface area contributed by atoms with E-state index in [0.29, 0.717) is 34.2 Å². The SMILES string of the molecule is COc1ccc(OC)c(COc2cc(NC(=O)c3ccc4ccccc4c3)ccc2NCS(C)(=O)=O)c1. The predicted molar refractivity (Wildman–Crippen MR) is 146 cm³/mol. The topological polar surface area (TPSA) is 103 Å². The Morgan fingerprint density at radius 3 is 2.35 bits per heavy atom. The molecule has 4 aromatic rings. The highest BCUT2D eigenvalue weighted by molar-refractivity contribution is 7.90. The zero-order chi connectivity index (χ0) is 26.4. The molecule has 0 saturated heterocycles. The zero-order valence-electron chi connectivity index (χ0n) is 20.8. The third-order valence-corrected chi connectivity index (χ3v) is 6.32. The number of methoxy groups -OCH3 is 2. The van der Waals surface area contributed by atoms with Gasteiger partial charge in [-0.25, -0.2) is 8.42 Å². The van der Waals surface area contributed by atoms with Gasteiger partial charge < -0.3 is 24.8 Å². The summed E-state index contributed by atoms with van der Waals surface area (Å²) in [5, 5.41) is 7.79. The van der Waals surface area contributed by atoms with Crippen LogP contribution in [-0.2, 0) is 16.4 Å². The van der Waals surface area contributed by atoms with Gasteiger partial charge in [-0.15, -0.1) is 0 Å². The molecule has 4 rings (SSSR count). The number of nitrogens with one attached hydrogen (secondary N) is 2. The molecule has 0 bridgehead atoms. The highest BCUT2D eigenvalue weighted by atomic mass is 32.2. The highest BCUT2D eigenvalue weighted by Gasteiger charge is 2.13. The largest absolute Gasteiger partial charge is 0.497 e. The fraction of sp³-hybridized carbons (Fsp3) is 0.179. The molecule has 0 aromatic heterocycles. The van der Waals surface area contributed by atoms with Crippen molar-refractivity contribution in [2.24, 2.45) is 0 Å². The summed E-state index contributed by atoms with van der Waals surface area (Å²) < 4.78 is 40.2. The summed E-state index contributed by atoms with van der Waals surface area (Å²) in [5.41, 5.74) is 2.22. The number of amides is 1. The molecule has 0 unspecified atom stereocenters. The molecule has 0 atom stereocenters. The van der Waals surface area contributed by atoms with Crippen molar-refractivity contribution in [1.82, 2.24) is 0 Å². The Morgan fingerprint density at radius 1 is 0.838 bits per heavy atom. The van der Waals surface area contributed by atoms with E-state index in [9.17, 15) is 13.2 Å². The molecule has 4 aromatic carbocycles. The molecule has 192 valence electrons. The quantitative estimate of drug-likeness (QED) is 0.300. The minimum Gasteiger partial charge on any atom is -0.497 e. The lowest BCUT2D eigenvalue weighted by molar-refractivity contribution is 0.102. The summed E-state index contributed by atoms with van der Waals surface area (Å²) in [6.07, 6.45) is 1.14. The third kappa shape index (κ3) is 6.71. The lowest BCUT2D eigenvalue weighted by Gasteiger charge is -2.16. The standard InChI is InChI=1S/C28H28N2O6S/c1-34-24-11-13-26(35-2)22(15-24)17-36-27-16-23(10-12-25(27)29-18-37(3,32)33)30-28(31)21-9-8-19-6-4-5-7-20(19)14-21/h4-16,29H,17-18H2,1-3H3,(H,30,31). The van der Waals surface area contributed by atoms with Crippen LogP contribution < -0.4 is 24.8 Å². The van der Waals surface area contributed by atoms with Gasteiger partial charge in [-0.05, 0) is 53.2 Å². The van der Waals surface area contributed by atoms with Gasteiger partial charge in [0.15, 0.2) is 9.84 Å². The average molecular weight is 521 g/mol. The Kier molecular flexibility index (Phi) is 7.83. The Labute approximate surface area is 216 Å². The minimum atomic E-state index is -3.28. The van der Waals surface area contributed by atoms with E-state index in [2.05, 4.69) is 10.6 Å². The van der Waals surface area contributed by atoms with Crippen LogP contribution in [0.2, 0.25) is 0 Å². The fourth-order valence-electron chi connectivity index (χ4n) is 3.76. The number of ether oxygens (including phenoxy) is 3. The van der Waals surface area contributed by atoms with Gasteiger partial charge >= 0.3 is 0 Å². The molecule has 37 heavy (non-hydrogen) atoms. The summed E-state index contributed by atoms with van der Waals surface area (Å²) in [7, 11) is -0.148. The number of carbonyl (C=O) groups is 1. The van der Waals surface area contributed by atoms with Crippen LogP contribution in [0, 0.1) is 0 Å². The van der Waals surface area contributed by atoms with Crippen molar-refractivity contribution in [3.8, 4) is 17.2 Å². The van der Waals surface area contributed by atoms with E-state index >= 15 is 0 Å². The Balaban J connectivity index is 1.59. The van der Waals surface area contributed by atoms with Crippen LogP contribution in [-0.4, -0.2) is 40.7 Å². The van der Waals surface area contributed by atoms with Crippen molar-refractivity contribution in [1.29, 1.82) is 0 Å². The van der Waals surface area contributed by atoms with Gasteiger partial charge in [-0.1, -0.05) is 30.3 Å². The second-order valence-electron chi connectivity index (χ2n) is 8.44. The molecular formula is C28H28N2O6S. The van der Waals surface area contributed by atoms with Crippen molar-refractivity contribution >= 4 is 37.9 Å². The number of hydrogen-bond donors (Lipinski definition) is 2. The van der Waals surface area contributed by atoms with Gasteiger partial charge in [0.05, 0.1) is 19.9 Å². The van der Waals surface area contributed by atoms with Gasteiger partial charge in [0, 0.05) is 29.1 Å². The van der Waals surface area contributed by atoms with E-state index in [1.165, 1.54) is 0 Å². The van der Waals surface area contributed by atoms with Gasteiger partial charge in [-0.2, -0.15) is 0 Å². The van der Waals surface area contributed by atoms with Crippen LogP contribution in [0.5, 0.6) is 17.2 Å². The molecule has 0 aliphatic heterocycles. The van der Waals surface area contributed by atoms with Crippen molar-refractivity contribution < 1.29 is 27.4 Å². The Hall–Kier alpha value is -4.24. The van der Waals surface area contributed by atoms with Crippen LogP contribution in [0.1, 0.15) is 15.9 Å². The first kappa shape index (κ1) is 25.8. The van der Waals surface area contributed by atoms with Crippen LogP contribution in [0.25, 0.3) is 10.8 Å². The maximum absolute atomic E-state index is 13.0. The minimum absolute atomic E-state index is 0.121. The smallest absolute Gasteiger partial charge is 0.255 e. The second kappa shape index (κ2) is 11.2. The lowest BCUT2D eigenvalue weighted by Crippen LogP contribution is -2.14. The summed E-state index contributed by atoms with van der Waals surface area (Å²) in [6.45, 7) is 0.121. The molecule has 8 nitrogen and oxygen atoms in total. The maximum Gasteiger partial charge on any atom is 0.255 e. The number of sulfone groups is 1. The summed E-state index contributed by atoms with van der Waals surface area (Å²) in [6, 6.07) is 23.7. The van der Waals surface area contributed by atoms with E-state index in [0.717, 1.165) is 22.6 Å². The molecule has 9 heteroatoms. The number of anilines is 2. The highest BCUT2D eigenvalue weighted by Crippen LogP contribution is 2.32. The first-order valence-corrected chi connectivity index (χ1v) is 13.5. The number of rotatable bonds is 10. The number of fused-ring (bicyclic) bond motifs is 1. The molecule has 1 amide bonds. The van der Waals surface area contributed by atoms with E-state index in [1.807, 2.05) is 36.4 Å².